The van der Waals surface area contributed by atoms with Crippen molar-refractivity contribution in [3.05, 3.63) is 0 Å². The summed E-state index contributed by atoms with van der Waals surface area (Å²) in [5.74, 6) is -1.18. The Morgan fingerprint density at radius 1 is 1.21 bits per heavy atom. The standard InChI is InChI=1S/C9H15BrO4/c1-3-13-8(11)5-7(6-10)9(12)14-4-2/h7H,3-6H2,1-2H3/t7-/m1/s1. The first kappa shape index (κ1) is 13.4. The van der Waals surface area contributed by atoms with E-state index in [0.29, 0.717) is 18.5 Å². The smallest absolute Gasteiger partial charge is 0.310 e. The SMILES string of the molecule is CCOC(=O)C[C@H](CBr)C(=O)OCC. The molecule has 0 aromatic rings. The van der Waals surface area contributed by atoms with E-state index in [0.717, 1.165) is 0 Å². The summed E-state index contributed by atoms with van der Waals surface area (Å²) in [5.41, 5.74) is 0. The summed E-state index contributed by atoms with van der Waals surface area (Å²) < 4.78 is 9.53. The summed E-state index contributed by atoms with van der Waals surface area (Å²) in [7, 11) is 0. The van der Waals surface area contributed by atoms with Crippen molar-refractivity contribution in [2.24, 2.45) is 5.92 Å². The second-order valence-corrected chi connectivity index (χ2v) is 3.26. The Morgan fingerprint density at radius 2 is 1.79 bits per heavy atom. The first-order valence-electron chi connectivity index (χ1n) is 4.53. The highest BCUT2D eigenvalue weighted by molar-refractivity contribution is 9.09. The third-order valence-corrected chi connectivity index (χ3v) is 2.31. The summed E-state index contributed by atoms with van der Waals surface area (Å²) in [5, 5.41) is 0.407. The molecule has 0 saturated heterocycles. The van der Waals surface area contributed by atoms with Gasteiger partial charge in [-0.2, -0.15) is 0 Å². The highest BCUT2D eigenvalue weighted by Crippen LogP contribution is 2.10. The summed E-state index contributed by atoms with van der Waals surface area (Å²) in [6, 6.07) is 0. The summed E-state index contributed by atoms with van der Waals surface area (Å²) >= 11 is 3.16. The molecule has 14 heavy (non-hydrogen) atoms. The maximum absolute atomic E-state index is 11.3. The lowest BCUT2D eigenvalue weighted by atomic mass is 10.1. The molecule has 0 unspecified atom stereocenters. The van der Waals surface area contributed by atoms with Gasteiger partial charge in [0.2, 0.25) is 0 Å². The van der Waals surface area contributed by atoms with Crippen molar-refractivity contribution in [3.63, 3.8) is 0 Å². The molecule has 0 spiro atoms. The van der Waals surface area contributed by atoms with Gasteiger partial charge in [0.25, 0.3) is 0 Å². The van der Waals surface area contributed by atoms with Crippen molar-refractivity contribution in [3.8, 4) is 0 Å². The minimum absolute atomic E-state index is 0.0674. The number of esters is 2. The second kappa shape index (κ2) is 7.79. The van der Waals surface area contributed by atoms with Crippen molar-refractivity contribution in [2.45, 2.75) is 20.3 Å². The van der Waals surface area contributed by atoms with E-state index >= 15 is 0 Å². The van der Waals surface area contributed by atoms with Crippen LogP contribution >= 0.6 is 15.9 Å². The molecule has 0 N–H and O–H groups in total. The number of halogens is 1. The van der Waals surface area contributed by atoms with Gasteiger partial charge in [0, 0.05) is 5.33 Å². The van der Waals surface area contributed by atoms with E-state index in [4.69, 9.17) is 9.47 Å². The van der Waals surface area contributed by atoms with Crippen molar-refractivity contribution < 1.29 is 19.1 Å². The Morgan fingerprint density at radius 3 is 2.21 bits per heavy atom. The Kier molecular flexibility index (Phi) is 7.47. The fraction of sp³-hybridized carbons (Fsp3) is 0.778. The van der Waals surface area contributed by atoms with Gasteiger partial charge in [-0.05, 0) is 13.8 Å². The molecule has 5 heteroatoms. The molecule has 82 valence electrons. The lowest BCUT2D eigenvalue weighted by molar-refractivity contribution is -0.153. The molecule has 0 aliphatic rings. The number of hydrogen-bond acceptors (Lipinski definition) is 4. The highest BCUT2D eigenvalue weighted by Gasteiger charge is 2.22. The predicted octanol–water partition coefficient (Wildman–Crippen LogP) is 1.51. The number of hydrogen-bond donors (Lipinski definition) is 0. The van der Waals surface area contributed by atoms with Gasteiger partial charge in [-0.25, -0.2) is 0 Å². The fourth-order valence-electron chi connectivity index (χ4n) is 0.882. The zero-order valence-corrected chi connectivity index (χ0v) is 10.0. The molecule has 0 aliphatic carbocycles. The van der Waals surface area contributed by atoms with Gasteiger partial charge in [-0.3, -0.25) is 9.59 Å². The number of rotatable bonds is 6. The quantitative estimate of drug-likeness (QED) is 0.540. The summed E-state index contributed by atoms with van der Waals surface area (Å²) in [4.78, 5) is 22.3. The molecule has 0 aromatic heterocycles. The molecule has 1 atom stereocenters. The molecule has 0 aromatic carbocycles. The van der Waals surface area contributed by atoms with Crippen molar-refractivity contribution in [2.75, 3.05) is 18.5 Å². The molecule has 0 fully saturated rings. The number of carbonyl (C=O) groups is 2. The molecule has 0 radical (unpaired) electrons. The summed E-state index contributed by atoms with van der Waals surface area (Å²) in [6.07, 6.45) is 0.0674. The number of ether oxygens (including phenoxy) is 2. The van der Waals surface area contributed by atoms with E-state index in [1.807, 2.05) is 0 Å². The topological polar surface area (TPSA) is 52.6 Å². The van der Waals surface area contributed by atoms with Crippen LogP contribution in [0.15, 0.2) is 0 Å². The number of alkyl halides is 1. The first-order valence-corrected chi connectivity index (χ1v) is 5.66. The van der Waals surface area contributed by atoms with Gasteiger partial charge in [-0.1, -0.05) is 15.9 Å². The van der Waals surface area contributed by atoms with Crippen LogP contribution in [0, 0.1) is 5.92 Å². The average molecular weight is 267 g/mol. The molecule has 0 saturated carbocycles. The van der Waals surface area contributed by atoms with Crippen LogP contribution in [-0.2, 0) is 19.1 Å². The average Bonchev–Trinajstić information content (AvgIpc) is 2.15. The second-order valence-electron chi connectivity index (χ2n) is 2.61. The zero-order chi connectivity index (χ0) is 11.0. The fourth-order valence-corrected chi connectivity index (χ4v) is 1.38. The normalized spacial score (nSPS) is 11.9. The third-order valence-electron chi connectivity index (χ3n) is 1.52. The number of carbonyl (C=O) groups excluding carboxylic acids is 2. The molecular formula is C9H15BrO4. The Bertz CT molecular complexity index is 193. The van der Waals surface area contributed by atoms with Crippen molar-refractivity contribution in [1.29, 1.82) is 0 Å². The van der Waals surface area contributed by atoms with Crippen LogP contribution < -0.4 is 0 Å². The van der Waals surface area contributed by atoms with Crippen LogP contribution in [0.25, 0.3) is 0 Å². The monoisotopic (exact) mass is 266 g/mol. The van der Waals surface area contributed by atoms with E-state index < -0.39 is 5.92 Å². The van der Waals surface area contributed by atoms with Gasteiger partial charge in [0.15, 0.2) is 0 Å². The minimum Gasteiger partial charge on any atom is -0.466 e. The molecule has 0 amide bonds. The van der Waals surface area contributed by atoms with Crippen LogP contribution in [0.2, 0.25) is 0 Å². The summed E-state index contributed by atoms with van der Waals surface area (Å²) in [6.45, 7) is 4.11. The highest BCUT2D eigenvalue weighted by atomic mass is 79.9. The van der Waals surface area contributed by atoms with Crippen molar-refractivity contribution in [1.82, 2.24) is 0 Å². The zero-order valence-electron chi connectivity index (χ0n) is 8.42. The maximum atomic E-state index is 11.3. The van der Waals surface area contributed by atoms with Crippen LogP contribution in [0.4, 0.5) is 0 Å². The van der Waals surface area contributed by atoms with Gasteiger partial charge < -0.3 is 9.47 Å². The van der Waals surface area contributed by atoms with Gasteiger partial charge in [0.05, 0.1) is 25.6 Å². The van der Waals surface area contributed by atoms with E-state index in [2.05, 4.69) is 15.9 Å². The van der Waals surface area contributed by atoms with Gasteiger partial charge >= 0.3 is 11.9 Å². The van der Waals surface area contributed by atoms with E-state index in [-0.39, 0.29) is 18.4 Å². The molecule has 0 aliphatic heterocycles. The molecule has 0 rings (SSSR count). The van der Waals surface area contributed by atoms with E-state index in [1.165, 1.54) is 0 Å². The molecular weight excluding hydrogens is 252 g/mol. The predicted molar refractivity (Wildman–Crippen MR) is 55.2 cm³/mol. The Labute approximate surface area is 92.1 Å². The molecule has 4 nitrogen and oxygen atoms in total. The largest absolute Gasteiger partial charge is 0.466 e. The first-order chi connectivity index (χ1) is 6.65. The lowest BCUT2D eigenvalue weighted by Gasteiger charge is -2.11. The van der Waals surface area contributed by atoms with Gasteiger partial charge in [0.1, 0.15) is 0 Å². The van der Waals surface area contributed by atoms with Gasteiger partial charge in [-0.15, -0.1) is 0 Å². The van der Waals surface area contributed by atoms with Crippen molar-refractivity contribution >= 4 is 27.9 Å². The maximum Gasteiger partial charge on any atom is 0.310 e. The third kappa shape index (κ3) is 5.21. The van der Waals surface area contributed by atoms with Crippen LogP contribution in [0.1, 0.15) is 20.3 Å². The Hall–Kier alpha value is -0.580. The minimum atomic E-state index is -0.450. The van der Waals surface area contributed by atoms with Crippen LogP contribution in [0.5, 0.6) is 0 Å². The van der Waals surface area contributed by atoms with Crippen LogP contribution in [0.3, 0.4) is 0 Å². The van der Waals surface area contributed by atoms with Crippen LogP contribution in [-0.4, -0.2) is 30.5 Å². The molecule has 0 heterocycles. The molecule has 0 bridgehead atoms. The van der Waals surface area contributed by atoms with E-state index in [1.54, 1.807) is 13.8 Å². The van der Waals surface area contributed by atoms with E-state index in [9.17, 15) is 9.59 Å². The Balaban J connectivity index is 4.01. The lowest BCUT2D eigenvalue weighted by Crippen LogP contribution is -2.23.